The van der Waals surface area contributed by atoms with Crippen LogP contribution in [0.3, 0.4) is 0 Å². The molecule has 0 bridgehead atoms. The van der Waals surface area contributed by atoms with Crippen molar-refractivity contribution in [1.29, 1.82) is 5.26 Å². The van der Waals surface area contributed by atoms with Gasteiger partial charge in [-0.25, -0.2) is 50.7 Å². The highest BCUT2D eigenvalue weighted by Crippen LogP contribution is 2.42. The van der Waals surface area contributed by atoms with Gasteiger partial charge in [-0.1, -0.05) is 36.4 Å². The van der Waals surface area contributed by atoms with Gasteiger partial charge in [0, 0.05) is 135 Å². The number of carbonyl (C=O) groups is 9. The van der Waals surface area contributed by atoms with Gasteiger partial charge in [0.15, 0.2) is 0 Å². The van der Waals surface area contributed by atoms with Crippen molar-refractivity contribution in [3.8, 4) is 11.8 Å². The van der Waals surface area contributed by atoms with E-state index in [9.17, 15) is 111 Å². The second-order valence-corrected chi connectivity index (χ2v) is 37.2. The molecule has 0 unspecified atom stereocenters. The fourth-order valence-electron chi connectivity index (χ4n) is 17.6. The van der Waals surface area contributed by atoms with Crippen LogP contribution in [-0.4, -0.2) is 245 Å². The average molecular weight is 2070 g/mol. The molecule has 6 fully saturated rings. The molecular weight excluding hydrogens is 1970 g/mol. The number of aryl methyl sites for hydroxylation is 2. The molecule has 8 aromatic carbocycles. The molecule has 7 N–H and O–H groups in total. The van der Waals surface area contributed by atoms with E-state index in [1.807, 2.05) is 37.5 Å². The Kier molecular flexibility index (Phi) is 33.7. The second-order valence-electron chi connectivity index (χ2n) is 34.9. The summed E-state index contributed by atoms with van der Waals surface area (Å²) in [5.74, 6) is -2.62. The quantitative estimate of drug-likeness (QED) is 0.0261. The maximum absolute atomic E-state index is 13.2. The van der Waals surface area contributed by atoms with Gasteiger partial charge in [0.1, 0.15) is 48.1 Å². The number of hydrogen-bond acceptors (Lipinski definition) is 23. The van der Waals surface area contributed by atoms with Crippen LogP contribution in [0.5, 0.6) is 5.75 Å². The lowest BCUT2D eigenvalue weighted by atomic mass is 10.0. The van der Waals surface area contributed by atoms with Gasteiger partial charge in [-0.3, -0.25) is 59.6 Å². The molecule has 147 heavy (non-hydrogen) atoms. The number of benzene rings is 8. The number of likely N-dealkylation sites (tertiary alicyclic amines) is 1. The highest BCUT2D eigenvalue weighted by molar-refractivity contribution is 7.91. The van der Waals surface area contributed by atoms with E-state index in [2.05, 4.69) is 47.6 Å². The Morgan fingerprint density at radius 1 is 0.469 bits per heavy atom. The number of fused-ring (bicyclic) bond motifs is 4. The van der Waals surface area contributed by atoms with Crippen LogP contribution in [-0.2, 0) is 73.4 Å². The Bertz CT molecular complexity index is 7110. The molecule has 4 aromatic heterocycles. The van der Waals surface area contributed by atoms with Crippen molar-refractivity contribution in [3.63, 3.8) is 0 Å². The van der Waals surface area contributed by atoms with Gasteiger partial charge in [-0.05, 0) is 175 Å². The summed E-state index contributed by atoms with van der Waals surface area (Å²) in [6, 6.07) is 37.4. The number of halogens is 10. The normalized spacial score (nSPS) is 16.0. The molecule has 0 spiro atoms. The zero-order valence-corrected chi connectivity index (χ0v) is 80.2. The Balaban J connectivity index is 0.000000147. The number of morpholine rings is 4. The van der Waals surface area contributed by atoms with Gasteiger partial charge in [-0.15, -0.1) is 0 Å². The first-order valence-corrected chi connectivity index (χ1v) is 48.7. The molecule has 6 aliphatic heterocycles. The Morgan fingerprint density at radius 2 is 0.844 bits per heavy atom. The molecule has 0 saturated carbocycles. The van der Waals surface area contributed by atoms with E-state index in [0.29, 0.717) is 178 Å². The van der Waals surface area contributed by atoms with Crippen molar-refractivity contribution in [2.24, 2.45) is 0 Å². The van der Waals surface area contributed by atoms with Crippen LogP contribution in [0.25, 0.3) is 44.1 Å². The van der Waals surface area contributed by atoms with Gasteiger partial charge in [-0.2, -0.15) is 31.6 Å². The number of urea groups is 1. The highest BCUT2D eigenvalue weighted by atomic mass is 32.2. The van der Waals surface area contributed by atoms with E-state index in [1.54, 1.807) is 75.8 Å². The summed E-state index contributed by atoms with van der Waals surface area (Å²) in [5.41, 5.74) is 4.02. The van der Waals surface area contributed by atoms with E-state index < -0.39 is 69.8 Å². The first-order chi connectivity index (χ1) is 70.4. The molecule has 48 heteroatoms. The number of aliphatic hydroxyl groups is 2. The summed E-state index contributed by atoms with van der Waals surface area (Å²) in [6.07, 6.45) is -12.2. The largest absolute Gasteiger partial charge is 0.489 e. The van der Waals surface area contributed by atoms with E-state index in [4.69, 9.17) is 28.7 Å². The molecular formula is C99H101F10N19O18S. The van der Waals surface area contributed by atoms with Crippen LogP contribution < -0.4 is 50.9 Å². The molecule has 0 aliphatic carbocycles. The topological polar surface area (TPSA) is 446 Å². The first-order valence-electron chi connectivity index (χ1n) is 46.9. The number of alkyl halides is 10. The summed E-state index contributed by atoms with van der Waals surface area (Å²) in [4.78, 5) is 140. The first kappa shape index (κ1) is 106. The summed E-state index contributed by atoms with van der Waals surface area (Å²) in [6.45, 7) is 10.2. The maximum atomic E-state index is 13.2. The molecule has 6 aliphatic rings. The Labute approximate surface area is 832 Å². The molecule has 37 nitrogen and oxygen atoms in total. The zero-order valence-electron chi connectivity index (χ0n) is 79.4. The molecule has 10 amide bonds. The summed E-state index contributed by atoms with van der Waals surface area (Å²) in [5, 5.41) is 41.9. The minimum absolute atomic E-state index is 0.00957. The van der Waals surface area contributed by atoms with Gasteiger partial charge in [0.25, 0.3) is 60.1 Å². The van der Waals surface area contributed by atoms with Crippen LogP contribution in [0.15, 0.2) is 158 Å². The number of rotatable bonds is 25. The van der Waals surface area contributed by atoms with Gasteiger partial charge < -0.3 is 82.0 Å². The van der Waals surface area contributed by atoms with E-state index in [0.717, 1.165) is 48.0 Å². The number of hydrogen-bond donors (Lipinski definition) is 7. The predicted octanol–water partition coefficient (Wildman–Crippen LogP) is 14.1. The lowest BCUT2D eigenvalue weighted by molar-refractivity contribution is -0.138. The lowest BCUT2D eigenvalue weighted by Gasteiger charge is -2.33. The van der Waals surface area contributed by atoms with Gasteiger partial charge >= 0.3 is 18.4 Å². The number of sulfone groups is 1. The molecule has 776 valence electrons. The average Bonchev–Trinajstić information content (AvgIpc) is 1.68. The third-order valence-corrected chi connectivity index (χ3v) is 26.4. The van der Waals surface area contributed by atoms with Crippen molar-refractivity contribution in [2.45, 2.75) is 116 Å². The number of aliphatic hydroxyl groups excluding tert-OH is 2. The van der Waals surface area contributed by atoms with Crippen LogP contribution in [0.1, 0.15) is 153 Å². The van der Waals surface area contributed by atoms with Crippen molar-refractivity contribution in [1.82, 2.24) is 48.4 Å². The monoisotopic (exact) mass is 2070 g/mol. The molecule has 18 rings (SSSR count). The third kappa shape index (κ3) is 25.2. The number of nitrogens with zero attached hydrogens (tertiary/aromatic N) is 14. The minimum atomic E-state index is -4.61. The van der Waals surface area contributed by atoms with Gasteiger partial charge in [0.2, 0.25) is 23.8 Å². The van der Waals surface area contributed by atoms with Crippen molar-refractivity contribution < 1.29 is 129 Å². The Morgan fingerprint density at radius 3 is 1.24 bits per heavy atom. The molecule has 0 atom stereocenters. The minimum Gasteiger partial charge on any atom is -0.489 e. The van der Waals surface area contributed by atoms with E-state index >= 15 is 0 Å². The summed E-state index contributed by atoms with van der Waals surface area (Å²) >= 11 is 0. The smallest absolute Gasteiger partial charge is 0.416 e. The SMILES string of the molecule is CC(C)Oc1cc2c(cc1N1CCOCC1=O)nc(NC(=O)c1cccc(C(F)F)c1)n2CCCO.CCNC(=O)N1CCC(n2c(NC(=O)c3cccc(C(F)F)c3)nc3cc(N4CCOCC4=O)ccc32)CC1.N#Cc1cc2c(cc1N1CCOCC1=O)nc(NC(=O)c1cccc(C(F)(F)F)c1)n2CCCO.O=C(Nc1nc2cc(N3CCOCC3=O)ccc2n1C1CCS(=O)(=O)CC1)c1cccc(C(F)(F)F)c1. The number of piperidine rings is 1. The highest BCUT2D eigenvalue weighted by Gasteiger charge is 2.38. The van der Waals surface area contributed by atoms with Gasteiger partial charge in [0.05, 0.1) is 116 Å². The fraction of sp³-hybridized carbons (Fsp3) is 0.374. The predicted molar refractivity (Wildman–Crippen MR) is 519 cm³/mol. The Hall–Kier alpha value is -15.0. The number of imidazole rings is 4. The van der Waals surface area contributed by atoms with Crippen molar-refractivity contribution in [2.75, 3.05) is 164 Å². The number of nitrogens with one attached hydrogen (secondary N) is 5. The van der Waals surface area contributed by atoms with Crippen LogP contribution in [0.2, 0.25) is 0 Å². The summed E-state index contributed by atoms with van der Waals surface area (Å²) < 4.78 is 189. The number of carbonyl (C=O) groups excluding carboxylic acids is 9. The van der Waals surface area contributed by atoms with Crippen LogP contribution in [0.4, 0.5) is 95.2 Å². The third-order valence-electron chi connectivity index (χ3n) is 24.7. The maximum Gasteiger partial charge on any atom is 0.416 e. The fourth-order valence-corrected chi connectivity index (χ4v) is 19.0. The number of nitriles is 1. The van der Waals surface area contributed by atoms with Crippen molar-refractivity contribution in [3.05, 3.63) is 208 Å². The number of amides is 10. The van der Waals surface area contributed by atoms with E-state index in [-0.39, 0.29) is 175 Å². The van der Waals surface area contributed by atoms with Crippen LogP contribution in [0, 0.1) is 11.3 Å². The summed E-state index contributed by atoms with van der Waals surface area (Å²) in [7, 11) is -3.17. The van der Waals surface area contributed by atoms with E-state index in [1.165, 1.54) is 65.6 Å². The molecule has 0 radical (unpaired) electrons. The number of ether oxygens (including phenoxy) is 5. The molecule has 10 heterocycles. The zero-order chi connectivity index (χ0) is 105. The number of aromatic nitrogens is 8. The number of anilines is 8. The molecule has 12 aromatic rings. The molecule has 6 saturated heterocycles. The van der Waals surface area contributed by atoms with Crippen LogP contribution >= 0.6 is 0 Å². The lowest BCUT2D eigenvalue weighted by Crippen LogP contribution is -2.44. The standard InChI is InChI=1S/C27H30F2N6O4.C25H28F2N4O5.C24H23F3N4O5S.C23H20F3N5O4/c1-2-30-27(38)33-10-8-19(9-11-33)35-22-7-6-20(34-12-13-39-16-23(34)36)15-21(22)31-26(35)32-25(37)18-5-3-4-17(14-18)24(28)29;1-15(2)36-21-13-19-18(12-20(21)30-8-10-35-14-22(30)33)28-25(31(19)7-4-9-32)29-24(34)17-6-3-5-16(11-17)23(26)27;25-24(26,27)16-3-1-2-15(12-16)22(33)29-23-28-19-13-18(30-8-9-36-14-21(30)32)4-5-20(19)31(23)17-6-10-37(34,35)11-7-17;24-23(25,26)16-4-1-3-14(9-16)21(34)29-22-28-17-11-18(30-6-8-35-13-20(30)33)15(12-27)10-19(17)31(22)5-2-7-32/h3-7,14-15,19,24H,2,8-13,16H2,1H3,(H,30,38)(H,31,32,37);3,5-6,11-13,15,23,32H,4,7-10,14H2,1-2H3,(H,28,29,34);1-5,12-13,17H,6-11,14H2,(H,28,29,33);1,3-4,9-11,32H,2,5-8,13H2,(H,28,29,34). The second kappa shape index (κ2) is 46.6. The van der Waals surface area contributed by atoms with Crippen molar-refractivity contribution >= 4 is 154 Å².